The first-order valence-electron chi connectivity index (χ1n) is 9.69. The van der Waals surface area contributed by atoms with Crippen LogP contribution < -0.4 is 15.4 Å². The Bertz CT molecular complexity index is 1010. The third-order valence-corrected chi connectivity index (χ3v) is 6.41. The fourth-order valence-corrected chi connectivity index (χ4v) is 5.06. The zero-order valence-electron chi connectivity index (χ0n) is 16.9. The van der Waals surface area contributed by atoms with Crippen molar-refractivity contribution in [3.8, 4) is 5.75 Å². The van der Waals surface area contributed by atoms with E-state index in [9.17, 15) is 4.79 Å². The third kappa shape index (κ3) is 3.24. The minimum absolute atomic E-state index is 0.122. The number of benzene rings is 2. The van der Waals surface area contributed by atoms with Crippen LogP contribution in [-0.2, 0) is 4.79 Å². The minimum atomic E-state index is -0.911. The summed E-state index contributed by atoms with van der Waals surface area (Å²) >= 11 is 11.8. The summed E-state index contributed by atoms with van der Waals surface area (Å²) in [6, 6.07) is 11.1. The molecule has 7 heteroatoms. The normalized spacial score (nSPS) is 25.0. The van der Waals surface area contributed by atoms with Gasteiger partial charge in [-0.25, -0.2) is 0 Å². The Morgan fingerprint density at radius 2 is 2.07 bits per heavy atom. The number of halogens is 1. The Kier molecular flexibility index (Phi) is 4.95. The largest absolute Gasteiger partial charge is 0.467 e. The number of thiocarbonyl (C=S) groups is 1. The molecule has 2 N–H and O–H groups in total. The van der Waals surface area contributed by atoms with Gasteiger partial charge in [-0.1, -0.05) is 29.3 Å². The van der Waals surface area contributed by atoms with Gasteiger partial charge in [-0.05, 0) is 69.7 Å². The van der Waals surface area contributed by atoms with Crippen molar-refractivity contribution in [3.63, 3.8) is 0 Å². The summed E-state index contributed by atoms with van der Waals surface area (Å²) in [6.45, 7) is 8.57. The molecule has 0 aliphatic carbocycles. The molecule has 4 rings (SSSR count). The molecule has 3 atom stereocenters. The maximum atomic E-state index is 13.6. The van der Waals surface area contributed by atoms with Crippen LogP contribution in [0.4, 0.5) is 5.69 Å². The van der Waals surface area contributed by atoms with Gasteiger partial charge in [0, 0.05) is 22.8 Å². The molecular weight excluding hydrogens is 406 g/mol. The van der Waals surface area contributed by atoms with Crippen molar-refractivity contribution in [1.82, 2.24) is 10.2 Å². The number of aryl methyl sites for hydroxylation is 2. The van der Waals surface area contributed by atoms with E-state index in [2.05, 4.69) is 16.7 Å². The SMILES string of the molecule is CCN1C(=S)NC2c3cc(Cl)ccc3OC1(C)C2C(=O)Nc1ccc(C)cc1C. The van der Waals surface area contributed by atoms with Crippen molar-refractivity contribution in [1.29, 1.82) is 0 Å². The molecule has 5 nitrogen and oxygen atoms in total. The first-order valence-corrected chi connectivity index (χ1v) is 10.5. The number of fused-ring (bicyclic) bond motifs is 4. The van der Waals surface area contributed by atoms with Crippen LogP contribution in [0.1, 0.15) is 36.6 Å². The highest BCUT2D eigenvalue weighted by molar-refractivity contribution is 7.80. The van der Waals surface area contributed by atoms with E-state index >= 15 is 0 Å². The summed E-state index contributed by atoms with van der Waals surface area (Å²) in [7, 11) is 0. The van der Waals surface area contributed by atoms with E-state index in [-0.39, 0.29) is 11.9 Å². The van der Waals surface area contributed by atoms with E-state index in [1.165, 1.54) is 0 Å². The Balaban J connectivity index is 1.78. The molecule has 0 saturated carbocycles. The molecule has 2 aromatic carbocycles. The zero-order chi connectivity index (χ0) is 20.9. The number of hydrogen-bond acceptors (Lipinski definition) is 3. The quantitative estimate of drug-likeness (QED) is 0.700. The predicted molar refractivity (Wildman–Crippen MR) is 119 cm³/mol. The van der Waals surface area contributed by atoms with Gasteiger partial charge in [0.2, 0.25) is 5.91 Å². The number of nitrogens with one attached hydrogen (secondary N) is 2. The minimum Gasteiger partial charge on any atom is -0.467 e. The third-order valence-electron chi connectivity index (χ3n) is 5.83. The van der Waals surface area contributed by atoms with Gasteiger partial charge in [-0.15, -0.1) is 0 Å². The number of anilines is 1. The molecule has 0 radical (unpaired) electrons. The van der Waals surface area contributed by atoms with Gasteiger partial charge in [0.05, 0.1) is 6.04 Å². The van der Waals surface area contributed by atoms with E-state index < -0.39 is 11.6 Å². The van der Waals surface area contributed by atoms with Gasteiger partial charge in [-0.3, -0.25) is 4.79 Å². The molecule has 1 saturated heterocycles. The summed E-state index contributed by atoms with van der Waals surface area (Å²) in [5.74, 6) is 0.0651. The second-order valence-corrected chi connectivity index (χ2v) is 8.62. The van der Waals surface area contributed by atoms with Crippen LogP contribution in [0.3, 0.4) is 0 Å². The van der Waals surface area contributed by atoms with Gasteiger partial charge in [0.15, 0.2) is 10.8 Å². The number of hydrogen-bond donors (Lipinski definition) is 2. The molecule has 152 valence electrons. The Morgan fingerprint density at radius 1 is 1.31 bits per heavy atom. The number of rotatable bonds is 3. The molecule has 2 aliphatic rings. The number of nitrogens with zero attached hydrogens (tertiary/aromatic N) is 1. The van der Waals surface area contributed by atoms with Gasteiger partial charge in [0.1, 0.15) is 11.7 Å². The van der Waals surface area contributed by atoms with Crippen LogP contribution in [0.5, 0.6) is 5.75 Å². The van der Waals surface area contributed by atoms with E-state index in [0.717, 1.165) is 22.4 Å². The van der Waals surface area contributed by atoms with Crippen molar-refractivity contribution in [2.45, 2.75) is 39.5 Å². The van der Waals surface area contributed by atoms with Gasteiger partial charge in [0.25, 0.3) is 0 Å². The highest BCUT2D eigenvalue weighted by Crippen LogP contribution is 2.49. The zero-order valence-corrected chi connectivity index (χ0v) is 18.4. The van der Waals surface area contributed by atoms with Crippen molar-refractivity contribution in [2.75, 3.05) is 11.9 Å². The standard InChI is InChI=1S/C22H24ClN3O2S/c1-5-26-21(29)25-19-15-11-14(23)7-9-17(15)28-22(26,4)18(19)20(27)24-16-8-6-12(2)10-13(16)3/h6-11,18-19H,5H2,1-4H3,(H,24,27)(H,25,29). The topological polar surface area (TPSA) is 53.6 Å². The van der Waals surface area contributed by atoms with Crippen molar-refractivity contribution >= 4 is 40.5 Å². The maximum absolute atomic E-state index is 13.6. The summed E-state index contributed by atoms with van der Waals surface area (Å²) in [5, 5.41) is 7.62. The second-order valence-electron chi connectivity index (χ2n) is 7.80. The molecule has 29 heavy (non-hydrogen) atoms. The predicted octanol–water partition coefficient (Wildman–Crippen LogP) is 4.57. The van der Waals surface area contributed by atoms with Crippen molar-refractivity contribution in [2.24, 2.45) is 5.92 Å². The lowest BCUT2D eigenvalue weighted by Gasteiger charge is -2.56. The van der Waals surface area contributed by atoms with Gasteiger partial charge >= 0.3 is 0 Å². The van der Waals surface area contributed by atoms with Gasteiger partial charge in [-0.2, -0.15) is 0 Å². The fourth-order valence-electron chi connectivity index (χ4n) is 4.44. The molecule has 2 heterocycles. The molecule has 0 aromatic heterocycles. The molecule has 2 bridgehead atoms. The first kappa shape index (κ1) is 20.0. The van der Waals surface area contributed by atoms with Crippen LogP contribution >= 0.6 is 23.8 Å². The Morgan fingerprint density at radius 3 is 2.76 bits per heavy atom. The molecule has 2 aromatic rings. The summed E-state index contributed by atoms with van der Waals surface area (Å²) in [6.07, 6.45) is 0. The van der Waals surface area contributed by atoms with E-state index in [1.807, 2.05) is 56.9 Å². The van der Waals surface area contributed by atoms with Crippen LogP contribution in [0, 0.1) is 19.8 Å². The molecule has 2 aliphatic heterocycles. The number of amides is 1. The van der Waals surface area contributed by atoms with Crippen LogP contribution in [0.25, 0.3) is 0 Å². The molecule has 1 amide bonds. The number of carbonyl (C=O) groups excluding carboxylic acids is 1. The molecule has 3 unspecified atom stereocenters. The van der Waals surface area contributed by atoms with Crippen LogP contribution in [0.15, 0.2) is 36.4 Å². The average molecular weight is 430 g/mol. The monoisotopic (exact) mass is 429 g/mol. The summed E-state index contributed by atoms with van der Waals surface area (Å²) < 4.78 is 6.42. The Hall–Kier alpha value is -2.31. The highest BCUT2D eigenvalue weighted by atomic mass is 35.5. The lowest BCUT2D eigenvalue weighted by Crippen LogP contribution is -2.71. The average Bonchev–Trinajstić information content (AvgIpc) is 2.64. The smallest absolute Gasteiger partial charge is 0.236 e. The lowest BCUT2D eigenvalue weighted by atomic mass is 9.78. The molecule has 1 fully saturated rings. The molecule has 0 spiro atoms. The van der Waals surface area contributed by atoms with Crippen LogP contribution in [-0.4, -0.2) is 28.2 Å². The van der Waals surface area contributed by atoms with E-state index in [4.69, 9.17) is 28.6 Å². The van der Waals surface area contributed by atoms with E-state index in [1.54, 1.807) is 6.07 Å². The number of carbonyl (C=O) groups is 1. The summed E-state index contributed by atoms with van der Waals surface area (Å²) in [4.78, 5) is 15.5. The van der Waals surface area contributed by atoms with Crippen LogP contribution in [0.2, 0.25) is 5.02 Å². The molecular formula is C22H24ClN3O2S. The number of ether oxygens (including phenoxy) is 1. The fraction of sp³-hybridized carbons (Fsp3) is 0.364. The van der Waals surface area contributed by atoms with Crippen molar-refractivity contribution < 1.29 is 9.53 Å². The maximum Gasteiger partial charge on any atom is 0.236 e. The first-order chi connectivity index (χ1) is 13.7. The second kappa shape index (κ2) is 7.18. The van der Waals surface area contributed by atoms with E-state index in [0.29, 0.717) is 22.4 Å². The van der Waals surface area contributed by atoms with Crippen molar-refractivity contribution in [3.05, 3.63) is 58.1 Å². The lowest BCUT2D eigenvalue weighted by molar-refractivity contribution is -0.148. The van der Waals surface area contributed by atoms with Gasteiger partial charge < -0.3 is 20.3 Å². The highest BCUT2D eigenvalue weighted by Gasteiger charge is 2.58. The summed E-state index contributed by atoms with van der Waals surface area (Å²) in [5.41, 5.74) is 2.90. The Labute approximate surface area is 181 Å².